The number of benzene rings is 5. The van der Waals surface area contributed by atoms with Crippen molar-refractivity contribution >= 4 is 49.3 Å². The fourth-order valence-electron chi connectivity index (χ4n) is 6.03. The van der Waals surface area contributed by atoms with Crippen LogP contribution in [-0.4, -0.2) is 32.7 Å². The molecule has 0 bridgehead atoms. The number of aryl methyl sites for hydroxylation is 1. The molecule has 39 heavy (non-hydrogen) atoms. The highest BCUT2D eigenvalue weighted by atomic mass is 15.3. The molecule has 0 saturated heterocycles. The second kappa shape index (κ2) is 8.23. The monoisotopic (exact) mass is 505 g/mol. The van der Waals surface area contributed by atoms with Gasteiger partial charge >= 0.3 is 0 Å². The Morgan fingerprint density at radius 1 is 0.615 bits per heavy atom. The molecule has 0 spiro atoms. The van der Waals surface area contributed by atoms with Crippen LogP contribution < -0.4 is 4.90 Å². The lowest BCUT2D eigenvalue weighted by atomic mass is 10.1. The van der Waals surface area contributed by atoms with Gasteiger partial charge in [-0.15, -0.1) is 0 Å². The van der Waals surface area contributed by atoms with E-state index in [-0.39, 0.29) is 0 Å². The molecule has 0 fully saturated rings. The van der Waals surface area contributed by atoms with E-state index in [1.165, 1.54) is 38.3 Å². The first-order valence-corrected chi connectivity index (χ1v) is 13.3. The van der Waals surface area contributed by atoms with Crippen LogP contribution in [0.5, 0.6) is 0 Å². The summed E-state index contributed by atoms with van der Waals surface area (Å²) in [7, 11) is 4.20. The van der Waals surface area contributed by atoms with E-state index in [1.54, 1.807) is 0 Å². The van der Waals surface area contributed by atoms with E-state index < -0.39 is 0 Å². The van der Waals surface area contributed by atoms with Crippen molar-refractivity contribution < 1.29 is 0 Å². The maximum Gasteiger partial charge on any atom is 0.140 e. The summed E-state index contributed by atoms with van der Waals surface area (Å²) in [6.45, 7) is 0.845. The molecule has 0 aliphatic carbocycles. The van der Waals surface area contributed by atoms with Crippen molar-refractivity contribution in [2.24, 2.45) is 7.05 Å². The van der Waals surface area contributed by atoms with Crippen LogP contribution in [0.1, 0.15) is 0 Å². The summed E-state index contributed by atoms with van der Waals surface area (Å²) in [6.07, 6.45) is 4.25. The highest BCUT2D eigenvalue weighted by molar-refractivity contribution is 6.14. The second-order valence-corrected chi connectivity index (χ2v) is 10.5. The van der Waals surface area contributed by atoms with Gasteiger partial charge in [-0.2, -0.15) is 0 Å². The molecule has 0 N–H and O–H groups in total. The van der Waals surface area contributed by atoms with Crippen molar-refractivity contribution in [1.82, 2.24) is 19.0 Å². The highest BCUT2D eigenvalue weighted by Gasteiger charge is 2.18. The number of anilines is 1. The van der Waals surface area contributed by atoms with Crippen molar-refractivity contribution in [3.05, 3.63) is 116 Å². The van der Waals surface area contributed by atoms with Crippen LogP contribution in [0.3, 0.4) is 0 Å². The first-order chi connectivity index (χ1) is 19.1. The Labute approximate surface area is 226 Å². The third-order valence-electron chi connectivity index (χ3n) is 7.98. The molecule has 0 radical (unpaired) electrons. The van der Waals surface area contributed by atoms with Crippen LogP contribution in [0.2, 0.25) is 0 Å². The Morgan fingerprint density at radius 3 is 2.21 bits per heavy atom. The molecule has 0 unspecified atom stereocenters. The van der Waals surface area contributed by atoms with Crippen LogP contribution in [0.4, 0.5) is 5.69 Å². The average Bonchev–Trinajstić information content (AvgIpc) is 3.65. The van der Waals surface area contributed by atoms with Gasteiger partial charge in [0.05, 0.1) is 28.7 Å². The van der Waals surface area contributed by atoms with Crippen LogP contribution in [0, 0.1) is 0 Å². The predicted octanol–water partition coefficient (Wildman–Crippen LogP) is 7.67. The Hall–Kier alpha value is -5.03. The van der Waals surface area contributed by atoms with Crippen LogP contribution in [0.25, 0.3) is 60.7 Å². The molecule has 1 aliphatic rings. The Kier molecular flexibility index (Phi) is 4.65. The van der Waals surface area contributed by atoms with E-state index in [2.05, 4.69) is 142 Å². The SMILES string of the molecule is CN1C=CN(c2cccc(-n3c4cc(-c5nc6ccccc6n5C)ccc4c4cc5ccccc5cc43)c2)C1. The van der Waals surface area contributed by atoms with Gasteiger partial charge in [-0.1, -0.05) is 54.6 Å². The van der Waals surface area contributed by atoms with Gasteiger partial charge in [-0.25, -0.2) is 4.98 Å². The van der Waals surface area contributed by atoms with Crippen LogP contribution >= 0.6 is 0 Å². The first-order valence-electron chi connectivity index (χ1n) is 13.3. The lowest BCUT2D eigenvalue weighted by Gasteiger charge is -2.19. The zero-order valence-electron chi connectivity index (χ0n) is 21.9. The number of hydrogen-bond donors (Lipinski definition) is 0. The van der Waals surface area contributed by atoms with Gasteiger partial charge in [0.1, 0.15) is 5.82 Å². The number of nitrogens with zero attached hydrogens (tertiary/aromatic N) is 5. The number of imidazole rings is 1. The van der Waals surface area contributed by atoms with Crippen LogP contribution in [0.15, 0.2) is 116 Å². The maximum atomic E-state index is 5.00. The fraction of sp³-hybridized carbons (Fsp3) is 0.0882. The summed E-state index contributed by atoms with van der Waals surface area (Å²) in [5, 5.41) is 4.99. The van der Waals surface area contributed by atoms with E-state index in [1.807, 2.05) is 6.07 Å². The Balaban J connectivity index is 1.41. The van der Waals surface area contributed by atoms with Crippen molar-refractivity contribution in [3.8, 4) is 17.1 Å². The van der Waals surface area contributed by atoms with Gasteiger partial charge in [-0.05, 0) is 59.3 Å². The lowest BCUT2D eigenvalue weighted by Crippen LogP contribution is -2.21. The largest absolute Gasteiger partial charge is 0.361 e. The zero-order valence-corrected chi connectivity index (χ0v) is 21.9. The number of rotatable bonds is 3. The molecule has 0 amide bonds. The molecule has 0 atom stereocenters. The molecule has 2 aromatic heterocycles. The van der Waals surface area contributed by atoms with Crippen molar-refractivity contribution in [2.45, 2.75) is 0 Å². The molecule has 5 heteroatoms. The minimum Gasteiger partial charge on any atom is -0.361 e. The lowest BCUT2D eigenvalue weighted by molar-refractivity contribution is 0.496. The molecular weight excluding hydrogens is 478 g/mol. The summed E-state index contributed by atoms with van der Waals surface area (Å²) < 4.78 is 4.60. The van der Waals surface area contributed by atoms with Gasteiger partial charge in [0.2, 0.25) is 0 Å². The van der Waals surface area contributed by atoms with E-state index in [0.717, 1.165) is 34.8 Å². The standard InChI is InChI=1S/C34H27N5/c1-36-16-17-38(22-36)26-10-7-11-27(21-26)39-32-20-25(34-35-30-12-5-6-13-31(30)37(34)2)14-15-28(32)29-18-23-8-3-4-9-24(23)19-33(29)39/h3-21H,22H2,1-2H3. The van der Waals surface area contributed by atoms with Crippen LogP contribution in [-0.2, 0) is 7.05 Å². The third kappa shape index (κ3) is 3.36. The molecule has 8 rings (SSSR count). The molecule has 7 aromatic rings. The minimum absolute atomic E-state index is 0.845. The van der Waals surface area contributed by atoms with Gasteiger partial charge in [0, 0.05) is 54.2 Å². The summed E-state index contributed by atoms with van der Waals surface area (Å²) in [5.74, 6) is 0.971. The molecule has 3 heterocycles. The van der Waals surface area contributed by atoms with E-state index >= 15 is 0 Å². The molecule has 5 nitrogen and oxygen atoms in total. The summed E-state index contributed by atoms with van der Waals surface area (Å²) in [4.78, 5) is 9.46. The molecule has 188 valence electrons. The Bertz CT molecular complexity index is 2090. The predicted molar refractivity (Wildman–Crippen MR) is 162 cm³/mol. The van der Waals surface area contributed by atoms with Gasteiger partial charge < -0.3 is 18.9 Å². The average molecular weight is 506 g/mol. The summed E-state index contributed by atoms with van der Waals surface area (Å²) >= 11 is 0. The van der Waals surface area contributed by atoms with E-state index in [4.69, 9.17) is 4.98 Å². The first kappa shape index (κ1) is 22.0. The van der Waals surface area contributed by atoms with Gasteiger partial charge in [0.15, 0.2) is 0 Å². The second-order valence-electron chi connectivity index (χ2n) is 10.5. The zero-order chi connectivity index (χ0) is 26.1. The number of fused-ring (bicyclic) bond motifs is 5. The third-order valence-corrected chi connectivity index (χ3v) is 7.98. The van der Waals surface area contributed by atoms with Crippen molar-refractivity contribution in [1.29, 1.82) is 0 Å². The molecule has 1 aliphatic heterocycles. The topological polar surface area (TPSA) is 29.2 Å². The minimum atomic E-state index is 0.845. The molecule has 0 saturated carbocycles. The normalized spacial score (nSPS) is 13.6. The molecular formula is C34H27N5. The van der Waals surface area contributed by atoms with Crippen molar-refractivity contribution in [3.63, 3.8) is 0 Å². The van der Waals surface area contributed by atoms with E-state index in [9.17, 15) is 0 Å². The van der Waals surface area contributed by atoms with Gasteiger partial charge in [0.25, 0.3) is 0 Å². The number of hydrogen-bond acceptors (Lipinski definition) is 3. The molecule has 5 aromatic carbocycles. The number of para-hydroxylation sites is 2. The highest BCUT2D eigenvalue weighted by Crippen LogP contribution is 2.38. The summed E-state index contributed by atoms with van der Waals surface area (Å²) in [5.41, 5.74) is 7.96. The van der Waals surface area contributed by atoms with Gasteiger partial charge in [-0.3, -0.25) is 0 Å². The van der Waals surface area contributed by atoms with Crippen molar-refractivity contribution in [2.75, 3.05) is 18.6 Å². The fourth-order valence-corrected chi connectivity index (χ4v) is 6.03. The smallest absolute Gasteiger partial charge is 0.140 e. The maximum absolute atomic E-state index is 5.00. The Morgan fingerprint density at radius 2 is 1.38 bits per heavy atom. The quantitative estimate of drug-likeness (QED) is 0.247. The number of aromatic nitrogens is 3. The van der Waals surface area contributed by atoms with E-state index in [0.29, 0.717) is 0 Å². The summed E-state index contributed by atoms with van der Waals surface area (Å²) in [6, 6.07) is 37.2.